The zero-order valence-corrected chi connectivity index (χ0v) is 24.6. The van der Waals surface area contributed by atoms with Gasteiger partial charge >= 0.3 is 11.8 Å². The van der Waals surface area contributed by atoms with E-state index in [-0.39, 0.29) is 29.5 Å². The average Bonchev–Trinajstić information content (AvgIpc) is 3.47. The van der Waals surface area contributed by atoms with Crippen LogP contribution in [-0.2, 0) is 16.8 Å². The molecule has 1 aliphatic rings. The molecule has 1 saturated heterocycles. The number of rotatable bonds is 9. The molecule has 224 valence electrons. The van der Waals surface area contributed by atoms with Crippen LogP contribution in [0.4, 0.5) is 14.5 Å². The van der Waals surface area contributed by atoms with Crippen LogP contribution in [-0.4, -0.2) is 83.6 Å². The third-order valence-corrected chi connectivity index (χ3v) is 6.89. The van der Waals surface area contributed by atoms with Gasteiger partial charge in [0.05, 0.1) is 11.9 Å². The number of nitrogens with zero attached hydrogens (tertiary/aromatic N) is 6. The Labute approximate surface area is 244 Å². The molecule has 0 bridgehead atoms. The van der Waals surface area contributed by atoms with Crippen molar-refractivity contribution in [2.75, 3.05) is 51.7 Å². The fraction of sp³-hybridized carbons (Fsp3) is 0.433. The van der Waals surface area contributed by atoms with Crippen molar-refractivity contribution in [2.45, 2.75) is 39.2 Å². The summed E-state index contributed by atoms with van der Waals surface area (Å²) in [6.07, 6.45) is 4.04. The summed E-state index contributed by atoms with van der Waals surface area (Å²) >= 11 is 0. The molecular weight excluding hydrogens is 544 g/mol. The Morgan fingerprint density at radius 1 is 1.14 bits per heavy atom. The number of hydrogen-bond acceptors (Lipinski definition) is 8. The quantitative estimate of drug-likeness (QED) is 0.377. The summed E-state index contributed by atoms with van der Waals surface area (Å²) in [7, 11) is 3.88. The van der Waals surface area contributed by atoms with Crippen molar-refractivity contribution in [1.82, 2.24) is 30.2 Å². The maximum Gasteiger partial charge on any atom is 0.315 e. The van der Waals surface area contributed by atoms with Crippen molar-refractivity contribution >= 4 is 17.5 Å². The Morgan fingerprint density at radius 2 is 1.88 bits per heavy atom. The second-order valence-electron chi connectivity index (χ2n) is 11.4. The van der Waals surface area contributed by atoms with Gasteiger partial charge in [0.25, 0.3) is 6.43 Å². The highest BCUT2D eigenvalue weighted by atomic mass is 19.3. The van der Waals surface area contributed by atoms with Gasteiger partial charge in [-0.25, -0.2) is 8.78 Å². The zero-order chi connectivity index (χ0) is 30.4. The molecule has 1 fully saturated rings. The molecule has 0 radical (unpaired) electrons. The van der Waals surface area contributed by atoms with Gasteiger partial charge in [-0.15, -0.1) is 0 Å². The maximum absolute atomic E-state index is 14.2. The molecule has 3 aromatic rings. The molecule has 1 aromatic carbocycles. The Bertz CT molecular complexity index is 1420. The molecule has 0 saturated carbocycles. The fourth-order valence-corrected chi connectivity index (χ4v) is 4.52. The van der Waals surface area contributed by atoms with Gasteiger partial charge < -0.3 is 24.5 Å². The number of halogens is 2. The number of alkyl halides is 2. The highest BCUT2D eigenvalue weighted by Gasteiger charge is 2.25. The number of pyridine rings is 1. The van der Waals surface area contributed by atoms with Crippen LogP contribution in [0.5, 0.6) is 0 Å². The average molecular weight is 582 g/mol. The van der Waals surface area contributed by atoms with Gasteiger partial charge in [0.2, 0.25) is 5.91 Å². The second-order valence-corrected chi connectivity index (χ2v) is 11.4. The van der Waals surface area contributed by atoms with Gasteiger partial charge in [0, 0.05) is 68.1 Å². The normalized spacial score (nSPS) is 14.3. The van der Waals surface area contributed by atoms with E-state index in [0.717, 1.165) is 11.3 Å². The van der Waals surface area contributed by atoms with Gasteiger partial charge in [0.15, 0.2) is 5.82 Å². The summed E-state index contributed by atoms with van der Waals surface area (Å²) in [5.41, 5.74) is 1.86. The molecule has 4 rings (SSSR count). The largest absolute Gasteiger partial charge is 0.366 e. The predicted molar refractivity (Wildman–Crippen MR) is 155 cm³/mol. The molecular formula is C30H37F2N7O3. The highest BCUT2D eigenvalue weighted by Crippen LogP contribution is 2.34. The van der Waals surface area contributed by atoms with Crippen LogP contribution < -0.4 is 10.2 Å². The standard InChI is InChI=1S/C30H37F2N7O3/c1-30(2,3)29-35-28(42-36-29)27(41)34-18-21-9-8-20(17-23(21)26(31)32)22-10-11-33-19-24(22)38-13-15-39(16-14-38)25(40)7-6-12-37(4)5/h6-11,17,19,26H,12-16,18H2,1-5H3,(H,34,41). The Morgan fingerprint density at radius 3 is 2.52 bits per heavy atom. The predicted octanol–water partition coefficient (Wildman–Crippen LogP) is 4.06. The van der Waals surface area contributed by atoms with Crippen LogP contribution in [0, 0.1) is 0 Å². The summed E-state index contributed by atoms with van der Waals surface area (Å²) in [6, 6.07) is 6.59. The lowest BCUT2D eigenvalue weighted by Gasteiger charge is -2.36. The third kappa shape index (κ3) is 7.55. The van der Waals surface area contributed by atoms with Crippen LogP contribution >= 0.6 is 0 Å². The van der Waals surface area contributed by atoms with E-state index in [9.17, 15) is 18.4 Å². The van der Waals surface area contributed by atoms with E-state index in [2.05, 4.69) is 25.3 Å². The van der Waals surface area contributed by atoms with Gasteiger partial charge in [-0.3, -0.25) is 14.6 Å². The highest BCUT2D eigenvalue weighted by molar-refractivity contribution is 5.89. The van der Waals surface area contributed by atoms with E-state index >= 15 is 0 Å². The van der Waals surface area contributed by atoms with E-state index in [1.165, 1.54) is 6.07 Å². The summed E-state index contributed by atoms with van der Waals surface area (Å²) in [4.78, 5) is 39.4. The number of amides is 2. The number of carbonyl (C=O) groups is 2. The van der Waals surface area contributed by atoms with Crippen molar-refractivity contribution < 1.29 is 22.9 Å². The lowest BCUT2D eigenvalue weighted by atomic mass is 9.96. The van der Waals surface area contributed by atoms with Crippen molar-refractivity contribution in [2.24, 2.45) is 0 Å². The molecule has 42 heavy (non-hydrogen) atoms. The number of nitrogens with one attached hydrogen (secondary N) is 1. The molecule has 12 heteroatoms. The van der Waals surface area contributed by atoms with Crippen molar-refractivity contribution in [1.29, 1.82) is 0 Å². The number of anilines is 1. The van der Waals surface area contributed by atoms with Crippen LogP contribution in [0.1, 0.15) is 54.8 Å². The summed E-state index contributed by atoms with van der Waals surface area (Å²) in [6.45, 7) is 8.47. The monoisotopic (exact) mass is 581 g/mol. The first-order chi connectivity index (χ1) is 19.9. The molecule has 0 spiro atoms. The van der Waals surface area contributed by atoms with Gasteiger partial charge in [0.1, 0.15) is 0 Å². The van der Waals surface area contributed by atoms with E-state index < -0.39 is 17.7 Å². The minimum atomic E-state index is -2.76. The van der Waals surface area contributed by atoms with Crippen molar-refractivity contribution in [3.05, 3.63) is 71.7 Å². The number of carbonyl (C=O) groups excluding carboxylic acids is 2. The molecule has 0 atom stereocenters. The minimum Gasteiger partial charge on any atom is -0.366 e. The van der Waals surface area contributed by atoms with Gasteiger partial charge in [-0.1, -0.05) is 44.1 Å². The Hall–Kier alpha value is -4.19. The Balaban J connectivity index is 1.47. The van der Waals surface area contributed by atoms with Crippen LogP contribution in [0.3, 0.4) is 0 Å². The van der Waals surface area contributed by atoms with E-state index in [4.69, 9.17) is 4.52 Å². The molecule has 1 aliphatic heterocycles. The SMILES string of the molecule is CN(C)CC=CC(=O)N1CCN(c2cnccc2-c2ccc(CNC(=O)c3nc(C(C)(C)C)no3)c(C(F)F)c2)CC1. The lowest BCUT2D eigenvalue weighted by molar-refractivity contribution is -0.126. The van der Waals surface area contributed by atoms with Gasteiger partial charge in [-0.05, 0) is 37.4 Å². The number of piperazine rings is 1. The van der Waals surface area contributed by atoms with Crippen LogP contribution in [0.25, 0.3) is 11.1 Å². The van der Waals surface area contributed by atoms with E-state index in [1.54, 1.807) is 41.6 Å². The number of likely N-dealkylation sites (N-methyl/N-ethyl adjacent to an activating group) is 1. The molecule has 2 aromatic heterocycles. The van der Waals surface area contributed by atoms with E-state index in [1.807, 2.05) is 45.8 Å². The second kappa shape index (κ2) is 13.2. The molecule has 3 heterocycles. The maximum atomic E-state index is 14.2. The number of hydrogen-bond donors (Lipinski definition) is 1. The number of benzene rings is 1. The first-order valence-electron chi connectivity index (χ1n) is 13.8. The van der Waals surface area contributed by atoms with Gasteiger partial charge in [-0.2, -0.15) is 4.98 Å². The first kappa shape index (κ1) is 30.8. The van der Waals surface area contributed by atoms with Crippen LogP contribution in [0.15, 0.2) is 53.3 Å². The first-order valence-corrected chi connectivity index (χ1v) is 13.8. The zero-order valence-electron chi connectivity index (χ0n) is 24.6. The fourth-order valence-electron chi connectivity index (χ4n) is 4.52. The summed E-state index contributed by atoms with van der Waals surface area (Å²) in [5, 5.41) is 6.43. The molecule has 2 amide bonds. The molecule has 0 unspecified atom stereocenters. The van der Waals surface area contributed by atoms with E-state index in [0.29, 0.717) is 44.1 Å². The van der Waals surface area contributed by atoms with Crippen molar-refractivity contribution in [3.63, 3.8) is 0 Å². The third-order valence-electron chi connectivity index (χ3n) is 6.89. The summed E-state index contributed by atoms with van der Waals surface area (Å²) < 4.78 is 33.4. The van der Waals surface area contributed by atoms with Crippen molar-refractivity contribution in [3.8, 4) is 11.1 Å². The molecule has 1 N–H and O–H groups in total. The summed E-state index contributed by atoms with van der Waals surface area (Å²) in [5.74, 6) is -0.503. The molecule has 10 nitrogen and oxygen atoms in total. The number of aromatic nitrogens is 3. The topological polar surface area (TPSA) is 108 Å². The smallest absolute Gasteiger partial charge is 0.315 e. The molecule has 0 aliphatic carbocycles. The Kier molecular flexibility index (Phi) is 9.66. The van der Waals surface area contributed by atoms with Crippen LogP contribution in [0.2, 0.25) is 0 Å². The lowest BCUT2D eigenvalue weighted by Crippen LogP contribution is -2.48. The minimum absolute atomic E-state index is 0.0269.